The number of nitrogens with zero attached hydrogens (tertiary/aromatic N) is 2. The van der Waals surface area contributed by atoms with E-state index in [9.17, 15) is 13.2 Å². The molecule has 0 aromatic heterocycles. The molecule has 0 aliphatic carbocycles. The van der Waals surface area contributed by atoms with Crippen LogP contribution in [-0.2, 0) is 14.8 Å². The lowest BCUT2D eigenvalue weighted by Gasteiger charge is -2.33. The Bertz CT molecular complexity index is 708. The van der Waals surface area contributed by atoms with E-state index in [0.717, 1.165) is 23.4 Å². The van der Waals surface area contributed by atoms with Gasteiger partial charge in [0.25, 0.3) is 0 Å². The molecule has 0 spiro atoms. The minimum absolute atomic E-state index is 0.195. The summed E-state index contributed by atoms with van der Waals surface area (Å²) in [7, 11) is -2.13. The number of sulfonamides is 1. The van der Waals surface area contributed by atoms with Crippen molar-refractivity contribution in [3.8, 4) is 5.75 Å². The number of carbonyl (C=O) groups is 1. The van der Waals surface area contributed by atoms with Gasteiger partial charge in [-0.3, -0.25) is 9.10 Å². The topological polar surface area (TPSA) is 66.9 Å². The van der Waals surface area contributed by atoms with Crippen molar-refractivity contribution in [2.24, 2.45) is 5.92 Å². The SMILES string of the molecule is COc1ccc(N(CC(=O)N2CCCC(C)C2)S(C)(=O)=O)cc1Cl. The van der Waals surface area contributed by atoms with Crippen LogP contribution in [0.3, 0.4) is 0 Å². The van der Waals surface area contributed by atoms with Gasteiger partial charge in [-0.1, -0.05) is 18.5 Å². The van der Waals surface area contributed by atoms with Gasteiger partial charge in [0.1, 0.15) is 12.3 Å². The zero-order chi connectivity index (χ0) is 17.9. The summed E-state index contributed by atoms with van der Waals surface area (Å²) < 4.78 is 30.5. The van der Waals surface area contributed by atoms with E-state index in [0.29, 0.717) is 35.5 Å². The van der Waals surface area contributed by atoms with Crippen LogP contribution in [0.2, 0.25) is 5.02 Å². The number of amides is 1. The number of ether oxygens (including phenoxy) is 1. The third kappa shape index (κ3) is 4.54. The maximum absolute atomic E-state index is 12.5. The van der Waals surface area contributed by atoms with Gasteiger partial charge in [-0.05, 0) is 37.0 Å². The molecule has 0 bridgehead atoms. The van der Waals surface area contributed by atoms with Crippen molar-refractivity contribution in [1.29, 1.82) is 0 Å². The lowest BCUT2D eigenvalue weighted by Crippen LogP contribution is -2.46. The lowest BCUT2D eigenvalue weighted by molar-refractivity contribution is -0.131. The first-order chi connectivity index (χ1) is 11.2. The molecule has 0 N–H and O–H groups in total. The number of anilines is 1. The van der Waals surface area contributed by atoms with Gasteiger partial charge >= 0.3 is 0 Å². The van der Waals surface area contributed by atoms with Crippen molar-refractivity contribution in [2.75, 3.05) is 37.3 Å². The number of halogens is 1. The van der Waals surface area contributed by atoms with E-state index in [1.54, 1.807) is 17.0 Å². The van der Waals surface area contributed by atoms with Crippen molar-refractivity contribution in [2.45, 2.75) is 19.8 Å². The molecule has 1 saturated heterocycles. The monoisotopic (exact) mass is 374 g/mol. The Balaban J connectivity index is 2.23. The molecule has 0 radical (unpaired) electrons. The van der Waals surface area contributed by atoms with E-state index in [-0.39, 0.29) is 12.5 Å². The molecule has 24 heavy (non-hydrogen) atoms. The summed E-state index contributed by atoms with van der Waals surface area (Å²) >= 11 is 6.09. The van der Waals surface area contributed by atoms with E-state index >= 15 is 0 Å². The molecule has 2 rings (SSSR count). The molecule has 1 heterocycles. The molecule has 1 aliphatic heterocycles. The second-order valence-electron chi connectivity index (χ2n) is 6.18. The van der Waals surface area contributed by atoms with E-state index in [1.165, 1.54) is 13.2 Å². The molecular formula is C16H23ClN2O4S. The predicted molar refractivity (Wildman–Crippen MR) is 95.2 cm³/mol. The minimum atomic E-state index is -3.62. The van der Waals surface area contributed by atoms with Gasteiger partial charge in [0.05, 0.1) is 24.1 Å². The maximum Gasteiger partial charge on any atom is 0.243 e. The number of methoxy groups -OCH3 is 1. The third-order valence-corrected chi connectivity index (χ3v) is 5.55. The molecule has 6 nitrogen and oxygen atoms in total. The lowest BCUT2D eigenvalue weighted by atomic mass is 10.0. The summed E-state index contributed by atoms with van der Waals surface area (Å²) in [5, 5.41) is 0.294. The zero-order valence-electron chi connectivity index (χ0n) is 14.2. The first kappa shape index (κ1) is 18.9. The maximum atomic E-state index is 12.5. The number of carbonyl (C=O) groups excluding carboxylic acids is 1. The van der Waals surface area contributed by atoms with Crippen molar-refractivity contribution < 1.29 is 17.9 Å². The predicted octanol–water partition coefficient (Wildman–Crippen LogP) is 2.37. The van der Waals surface area contributed by atoms with Gasteiger partial charge in [0.15, 0.2) is 0 Å². The highest BCUT2D eigenvalue weighted by Gasteiger charge is 2.27. The highest BCUT2D eigenvalue weighted by Crippen LogP contribution is 2.30. The quantitative estimate of drug-likeness (QED) is 0.793. The third-order valence-electron chi connectivity index (χ3n) is 4.11. The van der Waals surface area contributed by atoms with Gasteiger partial charge in [0, 0.05) is 13.1 Å². The first-order valence-corrected chi connectivity index (χ1v) is 10.0. The Labute approximate surface area is 148 Å². The van der Waals surface area contributed by atoms with Gasteiger partial charge in [-0.25, -0.2) is 8.42 Å². The number of likely N-dealkylation sites (tertiary alicyclic amines) is 1. The van der Waals surface area contributed by atoms with E-state index in [4.69, 9.17) is 16.3 Å². The minimum Gasteiger partial charge on any atom is -0.495 e. The molecule has 1 unspecified atom stereocenters. The largest absolute Gasteiger partial charge is 0.495 e. The van der Waals surface area contributed by atoms with Crippen LogP contribution in [0.1, 0.15) is 19.8 Å². The fourth-order valence-corrected chi connectivity index (χ4v) is 3.94. The van der Waals surface area contributed by atoms with Crippen LogP contribution in [-0.4, -0.2) is 52.2 Å². The summed E-state index contributed by atoms with van der Waals surface area (Å²) in [5.74, 6) is 0.689. The summed E-state index contributed by atoms with van der Waals surface area (Å²) in [5.41, 5.74) is 0.349. The van der Waals surface area contributed by atoms with Crippen LogP contribution in [0.5, 0.6) is 5.75 Å². The summed E-state index contributed by atoms with van der Waals surface area (Å²) in [4.78, 5) is 14.3. The van der Waals surface area contributed by atoms with E-state index in [1.807, 2.05) is 0 Å². The van der Waals surface area contributed by atoms with E-state index in [2.05, 4.69) is 6.92 Å². The van der Waals surface area contributed by atoms with Crippen molar-refractivity contribution in [3.05, 3.63) is 23.2 Å². The Hall–Kier alpha value is -1.47. The van der Waals surface area contributed by atoms with Gasteiger partial charge in [0.2, 0.25) is 15.9 Å². The molecule has 1 aliphatic rings. The van der Waals surface area contributed by atoms with Gasteiger partial charge < -0.3 is 9.64 Å². The molecule has 8 heteroatoms. The zero-order valence-corrected chi connectivity index (χ0v) is 15.7. The van der Waals surface area contributed by atoms with Crippen LogP contribution in [0.15, 0.2) is 18.2 Å². The molecule has 134 valence electrons. The summed E-state index contributed by atoms with van der Waals surface area (Å²) in [6, 6.07) is 4.66. The second-order valence-corrected chi connectivity index (χ2v) is 8.49. The van der Waals surface area contributed by atoms with E-state index < -0.39 is 10.0 Å². The number of hydrogen-bond donors (Lipinski definition) is 0. The number of piperidine rings is 1. The Morgan fingerprint density at radius 1 is 1.46 bits per heavy atom. The average molecular weight is 375 g/mol. The Morgan fingerprint density at radius 2 is 2.17 bits per heavy atom. The van der Waals surface area contributed by atoms with Crippen LogP contribution in [0.25, 0.3) is 0 Å². The van der Waals surface area contributed by atoms with Crippen molar-refractivity contribution in [1.82, 2.24) is 4.90 Å². The van der Waals surface area contributed by atoms with Crippen molar-refractivity contribution >= 4 is 33.2 Å². The smallest absolute Gasteiger partial charge is 0.243 e. The standard InChI is InChI=1S/C16H23ClN2O4S/c1-12-5-4-8-18(10-12)16(20)11-19(24(3,21)22)13-6-7-15(23-2)14(17)9-13/h6-7,9,12H,4-5,8,10-11H2,1-3H3. The summed E-state index contributed by atoms with van der Waals surface area (Å²) in [6.07, 6.45) is 3.12. The average Bonchev–Trinajstić information content (AvgIpc) is 2.51. The number of benzene rings is 1. The summed E-state index contributed by atoms with van der Waals surface area (Å²) in [6.45, 7) is 3.20. The van der Waals surface area contributed by atoms with Crippen molar-refractivity contribution in [3.63, 3.8) is 0 Å². The van der Waals surface area contributed by atoms with Crippen LogP contribution < -0.4 is 9.04 Å². The van der Waals surface area contributed by atoms with Gasteiger partial charge in [-0.15, -0.1) is 0 Å². The molecule has 1 amide bonds. The molecule has 1 aromatic rings. The second kappa shape index (κ2) is 7.61. The van der Waals surface area contributed by atoms with Crippen LogP contribution in [0, 0.1) is 5.92 Å². The normalized spacial score (nSPS) is 18.3. The molecule has 1 atom stereocenters. The molecular weight excluding hydrogens is 352 g/mol. The Kier molecular flexibility index (Phi) is 5.98. The highest BCUT2D eigenvalue weighted by atomic mass is 35.5. The number of rotatable bonds is 5. The molecule has 0 saturated carbocycles. The highest BCUT2D eigenvalue weighted by molar-refractivity contribution is 7.92. The first-order valence-electron chi connectivity index (χ1n) is 7.81. The fourth-order valence-electron chi connectivity index (χ4n) is 2.85. The Morgan fingerprint density at radius 3 is 2.71 bits per heavy atom. The van der Waals surface area contributed by atoms with Crippen LogP contribution >= 0.6 is 11.6 Å². The van der Waals surface area contributed by atoms with Gasteiger partial charge in [-0.2, -0.15) is 0 Å². The fraction of sp³-hybridized carbons (Fsp3) is 0.562. The molecule has 1 aromatic carbocycles. The van der Waals surface area contributed by atoms with Crippen LogP contribution in [0.4, 0.5) is 5.69 Å². The number of hydrogen-bond acceptors (Lipinski definition) is 4. The molecule has 1 fully saturated rings.